The molecule has 0 saturated carbocycles. The molecule has 0 spiro atoms. The highest BCUT2D eigenvalue weighted by atomic mass is 16.5. The van der Waals surface area contributed by atoms with Crippen molar-refractivity contribution in [1.29, 1.82) is 0 Å². The van der Waals surface area contributed by atoms with Crippen molar-refractivity contribution in [1.82, 2.24) is 5.32 Å². The Balaban J connectivity index is 2.46. The second kappa shape index (κ2) is 9.33. The van der Waals surface area contributed by atoms with Crippen LogP contribution in [-0.2, 0) is 19.1 Å². The van der Waals surface area contributed by atoms with Gasteiger partial charge in [-0.15, -0.1) is 0 Å². The molecule has 0 bridgehead atoms. The van der Waals surface area contributed by atoms with Gasteiger partial charge in [-0.05, 0) is 30.7 Å². The second-order valence-electron chi connectivity index (χ2n) is 4.49. The Labute approximate surface area is 129 Å². The Morgan fingerprint density at radius 2 is 1.86 bits per heavy atom. The first-order valence-electron chi connectivity index (χ1n) is 7.00. The molecule has 0 saturated heterocycles. The van der Waals surface area contributed by atoms with Gasteiger partial charge in [0, 0.05) is 31.7 Å². The number of hydrogen-bond acceptors (Lipinski definition) is 4. The van der Waals surface area contributed by atoms with Gasteiger partial charge in [0.05, 0.1) is 6.61 Å². The van der Waals surface area contributed by atoms with Gasteiger partial charge >= 0.3 is 5.97 Å². The van der Waals surface area contributed by atoms with Crippen molar-refractivity contribution < 1.29 is 19.1 Å². The Morgan fingerprint density at radius 1 is 1.18 bits per heavy atom. The van der Waals surface area contributed by atoms with E-state index in [4.69, 9.17) is 4.74 Å². The molecular weight excluding hydrogens is 284 g/mol. The highest BCUT2D eigenvalue weighted by molar-refractivity contribution is 5.91. The Morgan fingerprint density at radius 3 is 2.45 bits per heavy atom. The van der Waals surface area contributed by atoms with Crippen LogP contribution < -0.4 is 10.6 Å². The number of carbonyl (C=O) groups excluding carboxylic acids is 3. The molecule has 22 heavy (non-hydrogen) atoms. The molecule has 0 aliphatic rings. The molecule has 6 heteroatoms. The fourth-order valence-corrected chi connectivity index (χ4v) is 1.61. The Bertz CT molecular complexity index is 550. The van der Waals surface area contributed by atoms with E-state index in [1.807, 2.05) is 0 Å². The zero-order valence-corrected chi connectivity index (χ0v) is 12.7. The molecule has 6 nitrogen and oxygen atoms in total. The largest absolute Gasteiger partial charge is 0.463 e. The lowest BCUT2D eigenvalue weighted by Crippen LogP contribution is -2.25. The highest BCUT2D eigenvalue weighted by Gasteiger charge is 2.02. The first kappa shape index (κ1) is 17.4. The smallest absolute Gasteiger partial charge is 0.330 e. The molecule has 0 atom stereocenters. The van der Waals surface area contributed by atoms with Crippen LogP contribution in [0, 0.1) is 0 Å². The van der Waals surface area contributed by atoms with E-state index in [0.717, 1.165) is 5.56 Å². The van der Waals surface area contributed by atoms with E-state index >= 15 is 0 Å². The minimum Gasteiger partial charge on any atom is -0.463 e. The van der Waals surface area contributed by atoms with Gasteiger partial charge < -0.3 is 15.4 Å². The Hall–Kier alpha value is -2.63. The number of benzene rings is 1. The lowest BCUT2D eigenvalue weighted by molar-refractivity contribution is -0.137. The topological polar surface area (TPSA) is 84.5 Å². The molecule has 1 rings (SSSR count). The molecule has 0 aliphatic heterocycles. The van der Waals surface area contributed by atoms with Crippen LogP contribution >= 0.6 is 0 Å². The summed E-state index contributed by atoms with van der Waals surface area (Å²) in [6.07, 6.45) is 3.20. The summed E-state index contributed by atoms with van der Waals surface area (Å²) < 4.78 is 4.78. The first-order valence-corrected chi connectivity index (χ1v) is 7.00. The van der Waals surface area contributed by atoms with Crippen molar-refractivity contribution in [2.24, 2.45) is 0 Å². The number of amides is 2. The predicted octanol–water partition coefficient (Wildman–Crippen LogP) is 1.73. The summed E-state index contributed by atoms with van der Waals surface area (Å²) in [5, 5.41) is 5.28. The SMILES string of the molecule is CCOC(=O)/C=C/c1ccc(NC(=O)CCNC(C)=O)cc1. The summed E-state index contributed by atoms with van der Waals surface area (Å²) in [6.45, 7) is 3.80. The molecule has 0 radical (unpaired) electrons. The standard InChI is InChI=1S/C16H20N2O4/c1-3-22-16(21)9-6-13-4-7-14(8-5-13)18-15(20)10-11-17-12(2)19/h4-9H,3,10-11H2,1-2H3,(H,17,19)(H,18,20)/b9-6+. The van der Waals surface area contributed by atoms with Crippen LogP contribution in [0.1, 0.15) is 25.8 Å². The van der Waals surface area contributed by atoms with Crippen molar-refractivity contribution in [3.63, 3.8) is 0 Å². The highest BCUT2D eigenvalue weighted by Crippen LogP contribution is 2.11. The van der Waals surface area contributed by atoms with E-state index in [9.17, 15) is 14.4 Å². The normalized spacial score (nSPS) is 10.3. The van der Waals surface area contributed by atoms with E-state index < -0.39 is 5.97 Å². The van der Waals surface area contributed by atoms with Gasteiger partial charge in [0.2, 0.25) is 11.8 Å². The number of ether oxygens (including phenoxy) is 1. The maximum atomic E-state index is 11.6. The molecule has 0 fully saturated rings. The number of rotatable bonds is 7. The summed E-state index contributed by atoms with van der Waals surface area (Å²) in [6, 6.07) is 7.03. The van der Waals surface area contributed by atoms with E-state index in [0.29, 0.717) is 18.8 Å². The molecule has 0 aliphatic carbocycles. The molecule has 0 aromatic heterocycles. The van der Waals surface area contributed by atoms with E-state index in [1.165, 1.54) is 13.0 Å². The van der Waals surface area contributed by atoms with Crippen LogP contribution in [0.4, 0.5) is 5.69 Å². The summed E-state index contributed by atoms with van der Waals surface area (Å²) in [5.74, 6) is -0.730. The van der Waals surface area contributed by atoms with Crippen LogP contribution in [-0.4, -0.2) is 30.9 Å². The van der Waals surface area contributed by atoms with Gasteiger partial charge in [-0.1, -0.05) is 12.1 Å². The number of esters is 1. The van der Waals surface area contributed by atoms with Crippen LogP contribution in [0.5, 0.6) is 0 Å². The van der Waals surface area contributed by atoms with Gasteiger partial charge in [-0.2, -0.15) is 0 Å². The predicted molar refractivity (Wildman–Crippen MR) is 84.0 cm³/mol. The zero-order valence-electron chi connectivity index (χ0n) is 12.7. The lowest BCUT2D eigenvalue weighted by Gasteiger charge is -2.06. The van der Waals surface area contributed by atoms with Crippen molar-refractivity contribution in [3.05, 3.63) is 35.9 Å². The van der Waals surface area contributed by atoms with Crippen LogP contribution in [0.3, 0.4) is 0 Å². The first-order chi connectivity index (χ1) is 10.5. The summed E-state index contributed by atoms with van der Waals surface area (Å²) in [4.78, 5) is 33.5. The third-order valence-electron chi connectivity index (χ3n) is 2.62. The fraction of sp³-hybridized carbons (Fsp3) is 0.312. The maximum Gasteiger partial charge on any atom is 0.330 e. The van der Waals surface area contributed by atoms with Crippen molar-refractivity contribution in [3.8, 4) is 0 Å². The van der Waals surface area contributed by atoms with Gasteiger partial charge in [-0.3, -0.25) is 9.59 Å². The number of hydrogen-bond donors (Lipinski definition) is 2. The number of nitrogens with one attached hydrogen (secondary N) is 2. The summed E-state index contributed by atoms with van der Waals surface area (Å²) in [5.41, 5.74) is 1.48. The fourth-order valence-electron chi connectivity index (χ4n) is 1.61. The molecule has 1 aromatic rings. The van der Waals surface area contributed by atoms with Crippen molar-refractivity contribution >= 4 is 29.5 Å². The van der Waals surface area contributed by atoms with Gasteiger partial charge in [-0.25, -0.2) is 4.79 Å². The van der Waals surface area contributed by atoms with E-state index in [-0.39, 0.29) is 18.2 Å². The monoisotopic (exact) mass is 304 g/mol. The lowest BCUT2D eigenvalue weighted by atomic mass is 10.2. The third kappa shape index (κ3) is 7.23. The number of carbonyl (C=O) groups is 3. The average Bonchev–Trinajstić information content (AvgIpc) is 2.46. The molecule has 118 valence electrons. The van der Waals surface area contributed by atoms with Gasteiger partial charge in [0.25, 0.3) is 0 Å². The minimum absolute atomic E-state index is 0.162. The summed E-state index contributed by atoms with van der Waals surface area (Å²) in [7, 11) is 0. The minimum atomic E-state index is -0.391. The second-order valence-corrected chi connectivity index (χ2v) is 4.49. The van der Waals surface area contributed by atoms with Gasteiger partial charge in [0.1, 0.15) is 0 Å². The Kier molecular flexibility index (Phi) is 7.39. The molecule has 2 N–H and O–H groups in total. The molecule has 0 unspecified atom stereocenters. The quantitative estimate of drug-likeness (QED) is 0.593. The van der Waals surface area contributed by atoms with Gasteiger partial charge in [0.15, 0.2) is 0 Å². The van der Waals surface area contributed by atoms with Crippen molar-refractivity contribution in [2.75, 3.05) is 18.5 Å². The van der Waals surface area contributed by atoms with E-state index in [1.54, 1.807) is 37.3 Å². The molecule has 1 aromatic carbocycles. The molecular formula is C16H20N2O4. The van der Waals surface area contributed by atoms with Crippen LogP contribution in [0.2, 0.25) is 0 Å². The number of anilines is 1. The maximum absolute atomic E-state index is 11.6. The molecule has 2 amide bonds. The van der Waals surface area contributed by atoms with E-state index in [2.05, 4.69) is 10.6 Å². The molecule has 0 heterocycles. The third-order valence-corrected chi connectivity index (χ3v) is 2.62. The van der Waals surface area contributed by atoms with Crippen LogP contribution in [0.25, 0.3) is 6.08 Å². The zero-order chi connectivity index (χ0) is 16.4. The summed E-state index contributed by atoms with van der Waals surface area (Å²) >= 11 is 0. The van der Waals surface area contributed by atoms with Crippen LogP contribution in [0.15, 0.2) is 30.3 Å². The average molecular weight is 304 g/mol. The van der Waals surface area contributed by atoms with Crippen molar-refractivity contribution in [2.45, 2.75) is 20.3 Å².